The van der Waals surface area contributed by atoms with Crippen molar-refractivity contribution >= 4 is 21.8 Å². The Morgan fingerprint density at radius 3 is 2.74 bits per heavy atom. The van der Waals surface area contributed by atoms with E-state index in [4.69, 9.17) is 4.74 Å². The van der Waals surface area contributed by atoms with Crippen molar-refractivity contribution in [3.05, 3.63) is 52.6 Å². The van der Waals surface area contributed by atoms with Crippen molar-refractivity contribution in [2.45, 2.75) is 13.0 Å². The maximum atomic E-state index is 12.5. The molecule has 23 heavy (non-hydrogen) atoms. The third-order valence-corrected chi connectivity index (χ3v) is 4.31. The summed E-state index contributed by atoms with van der Waals surface area (Å²) >= 11 is 3.38. The molecule has 1 amide bonds. The van der Waals surface area contributed by atoms with Crippen LogP contribution in [-0.4, -0.2) is 41.5 Å². The second-order valence-electron chi connectivity index (χ2n) is 5.49. The Morgan fingerprint density at radius 2 is 2.09 bits per heavy atom. The number of carbonyl (C=O) groups excluding carboxylic acids is 1. The number of halogens is 1. The molecular formula is C17H18BrN3O2. The van der Waals surface area contributed by atoms with Crippen LogP contribution in [0.4, 0.5) is 0 Å². The Bertz CT molecular complexity index is 673. The van der Waals surface area contributed by atoms with E-state index in [-0.39, 0.29) is 11.9 Å². The number of benzene rings is 1. The highest BCUT2D eigenvalue weighted by atomic mass is 79.9. The number of piperazine rings is 1. The summed E-state index contributed by atoms with van der Waals surface area (Å²) in [6.45, 7) is 4.41. The monoisotopic (exact) mass is 375 g/mol. The molecule has 2 heterocycles. The average molecular weight is 376 g/mol. The van der Waals surface area contributed by atoms with Crippen molar-refractivity contribution in [2.75, 3.05) is 19.6 Å². The third-order valence-electron chi connectivity index (χ3n) is 3.78. The predicted molar refractivity (Wildman–Crippen MR) is 91.8 cm³/mol. The molecule has 5 nitrogen and oxygen atoms in total. The molecule has 0 radical (unpaired) electrons. The van der Waals surface area contributed by atoms with Gasteiger partial charge in [-0.1, -0.05) is 15.9 Å². The zero-order chi connectivity index (χ0) is 16.2. The Kier molecular flexibility index (Phi) is 4.93. The number of rotatable bonds is 3. The fraction of sp³-hybridized carbons (Fsp3) is 0.294. The molecule has 0 saturated carbocycles. The Balaban J connectivity index is 1.69. The van der Waals surface area contributed by atoms with Crippen LogP contribution in [0, 0.1) is 0 Å². The van der Waals surface area contributed by atoms with Crippen LogP contribution in [0.2, 0.25) is 0 Å². The zero-order valence-electron chi connectivity index (χ0n) is 12.8. The zero-order valence-corrected chi connectivity index (χ0v) is 14.4. The molecule has 2 aromatic rings. The summed E-state index contributed by atoms with van der Waals surface area (Å²) < 4.78 is 6.66. The van der Waals surface area contributed by atoms with Crippen molar-refractivity contribution in [1.82, 2.24) is 15.2 Å². The van der Waals surface area contributed by atoms with E-state index in [2.05, 4.69) is 26.2 Å². The van der Waals surface area contributed by atoms with Gasteiger partial charge in [-0.3, -0.25) is 4.79 Å². The number of pyridine rings is 1. The quantitative estimate of drug-likeness (QED) is 0.895. The highest BCUT2D eigenvalue weighted by molar-refractivity contribution is 9.10. The summed E-state index contributed by atoms with van der Waals surface area (Å²) in [5, 5.41) is 3.28. The summed E-state index contributed by atoms with van der Waals surface area (Å²) in [5.41, 5.74) is 0.585. The smallest absolute Gasteiger partial charge is 0.255 e. The number of nitrogens with one attached hydrogen (secondary N) is 1. The predicted octanol–water partition coefficient (Wildman–Crippen LogP) is 3.07. The first-order chi connectivity index (χ1) is 11.1. The van der Waals surface area contributed by atoms with Gasteiger partial charge in [0.1, 0.15) is 5.75 Å². The molecule has 3 rings (SSSR count). The van der Waals surface area contributed by atoms with Crippen LogP contribution in [0.5, 0.6) is 11.6 Å². The molecule has 1 aliphatic heterocycles. The standard InChI is InChI=1S/C17H18BrN3O2/c1-12-10-19-8-9-21(12)17(22)13-2-7-16(20-11-13)23-15-5-3-14(18)4-6-15/h2-7,11-12,19H,8-10H2,1H3. The lowest BCUT2D eigenvalue weighted by Crippen LogP contribution is -2.52. The van der Waals surface area contributed by atoms with Crippen LogP contribution in [-0.2, 0) is 0 Å². The van der Waals surface area contributed by atoms with Gasteiger partial charge in [-0.2, -0.15) is 0 Å². The second-order valence-corrected chi connectivity index (χ2v) is 6.41. The van der Waals surface area contributed by atoms with Crippen molar-refractivity contribution < 1.29 is 9.53 Å². The van der Waals surface area contributed by atoms with Gasteiger partial charge in [-0.15, -0.1) is 0 Å². The van der Waals surface area contributed by atoms with Gasteiger partial charge in [-0.25, -0.2) is 4.98 Å². The molecule has 1 N–H and O–H groups in total. The van der Waals surface area contributed by atoms with E-state index in [0.29, 0.717) is 17.2 Å². The maximum absolute atomic E-state index is 12.5. The number of carbonyl (C=O) groups is 1. The highest BCUT2D eigenvalue weighted by Crippen LogP contribution is 2.22. The number of amides is 1. The molecule has 0 aliphatic carbocycles. The van der Waals surface area contributed by atoms with Crippen molar-refractivity contribution in [1.29, 1.82) is 0 Å². The number of ether oxygens (including phenoxy) is 1. The third kappa shape index (κ3) is 3.89. The molecule has 6 heteroatoms. The van der Waals surface area contributed by atoms with Crippen LogP contribution in [0.25, 0.3) is 0 Å². The topological polar surface area (TPSA) is 54.5 Å². The van der Waals surface area contributed by atoms with Gasteiger partial charge in [0.2, 0.25) is 5.88 Å². The molecule has 120 valence electrons. The highest BCUT2D eigenvalue weighted by Gasteiger charge is 2.24. The normalized spacial score (nSPS) is 17.8. The first-order valence-corrected chi connectivity index (χ1v) is 8.34. The Morgan fingerprint density at radius 1 is 1.30 bits per heavy atom. The lowest BCUT2D eigenvalue weighted by molar-refractivity contribution is 0.0655. The summed E-state index contributed by atoms with van der Waals surface area (Å²) in [5.74, 6) is 1.19. The molecular weight excluding hydrogens is 358 g/mol. The largest absolute Gasteiger partial charge is 0.439 e. The van der Waals surface area contributed by atoms with Gasteiger partial charge in [0, 0.05) is 42.4 Å². The van der Waals surface area contributed by atoms with E-state index in [9.17, 15) is 4.79 Å². The molecule has 0 bridgehead atoms. The molecule has 0 spiro atoms. The molecule has 1 aliphatic rings. The van der Waals surface area contributed by atoms with E-state index in [1.807, 2.05) is 36.1 Å². The number of aromatic nitrogens is 1. The van der Waals surface area contributed by atoms with Gasteiger partial charge >= 0.3 is 0 Å². The van der Waals surface area contributed by atoms with E-state index < -0.39 is 0 Å². The number of hydrogen-bond donors (Lipinski definition) is 1. The van der Waals surface area contributed by atoms with Gasteiger partial charge in [-0.05, 0) is 37.3 Å². The van der Waals surface area contributed by atoms with Crippen LogP contribution in [0.3, 0.4) is 0 Å². The second kappa shape index (κ2) is 7.10. The summed E-state index contributed by atoms with van der Waals surface area (Å²) in [6, 6.07) is 11.2. The van der Waals surface area contributed by atoms with Gasteiger partial charge in [0.15, 0.2) is 0 Å². The minimum absolute atomic E-state index is 0.0155. The van der Waals surface area contributed by atoms with Gasteiger partial charge in [0.25, 0.3) is 5.91 Å². The fourth-order valence-electron chi connectivity index (χ4n) is 2.50. The van der Waals surface area contributed by atoms with E-state index >= 15 is 0 Å². The van der Waals surface area contributed by atoms with Crippen LogP contribution >= 0.6 is 15.9 Å². The number of hydrogen-bond acceptors (Lipinski definition) is 4. The minimum atomic E-state index is 0.0155. The van der Waals surface area contributed by atoms with E-state index in [1.54, 1.807) is 18.3 Å². The van der Waals surface area contributed by atoms with Crippen molar-refractivity contribution in [3.8, 4) is 11.6 Å². The molecule has 1 atom stereocenters. The Hall–Kier alpha value is -1.92. The van der Waals surface area contributed by atoms with Crippen LogP contribution in [0.1, 0.15) is 17.3 Å². The molecule has 1 aromatic heterocycles. The first-order valence-electron chi connectivity index (χ1n) is 7.54. The molecule has 1 aromatic carbocycles. The fourth-order valence-corrected chi connectivity index (χ4v) is 2.76. The van der Waals surface area contributed by atoms with Gasteiger partial charge < -0.3 is 15.0 Å². The average Bonchev–Trinajstić information content (AvgIpc) is 2.57. The first kappa shape index (κ1) is 16.0. The van der Waals surface area contributed by atoms with Crippen molar-refractivity contribution in [2.24, 2.45) is 0 Å². The summed E-state index contributed by atoms with van der Waals surface area (Å²) in [7, 11) is 0. The van der Waals surface area contributed by atoms with E-state index in [0.717, 1.165) is 24.1 Å². The van der Waals surface area contributed by atoms with Crippen LogP contribution in [0.15, 0.2) is 47.1 Å². The maximum Gasteiger partial charge on any atom is 0.255 e. The van der Waals surface area contributed by atoms with E-state index in [1.165, 1.54) is 0 Å². The van der Waals surface area contributed by atoms with Crippen molar-refractivity contribution in [3.63, 3.8) is 0 Å². The minimum Gasteiger partial charge on any atom is -0.439 e. The molecule has 1 saturated heterocycles. The number of nitrogens with zero attached hydrogens (tertiary/aromatic N) is 2. The lowest BCUT2D eigenvalue weighted by atomic mass is 10.1. The summed E-state index contributed by atoms with van der Waals surface area (Å²) in [6.07, 6.45) is 1.57. The Labute approximate surface area is 143 Å². The molecule has 1 fully saturated rings. The lowest BCUT2D eigenvalue weighted by Gasteiger charge is -2.33. The van der Waals surface area contributed by atoms with Gasteiger partial charge in [0.05, 0.1) is 5.56 Å². The van der Waals surface area contributed by atoms with Crippen LogP contribution < -0.4 is 10.1 Å². The SMILES string of the molecule is CC1CNCCN1C(=O)c1ccc(Oc2ccc(Br)cc2)nc1. The molecule has 1 unspecified atom stereocenters. The summed E-state index contributed by atoms with van der Waals surface area (Å²) in [4.78, 5) is 18.6.